The molecule has 0 N–H and O–H groups in total. The first-order chi connectivity index (χ1) is 13.1. The fourth-order valence-electron chi connectivity index (χ4n) is 3.81. The summed E-state index contributed by atoms with van der Waals surface area (Å²) in [5.74, 6) is 1.42. The Balaban J connectivity index is 1.78. The van der Waals surface area contributed by atoms with Crippen LogP contribution in [0.15, 0.2) is 29.1 Å². The predicted octanol–water partition coefficient (Wildman–Crippen LogP) is 2.42. The lowest BCUT2D eigenvalue weighted by Gasteiger charge is -2.39. The maximum absolute atomic E-state index is 13.0. The van der Waals surface area contributed by atoms with Crippen molar-refractivity contribution in [2.75, 3.05) is 31.8 Å². The summed E-state index contributed by atoms with van der Waals surface area (Å²) in [7, 11) is 1.66. The van der Waals surface area contributed by atoms with Crippen LogP contribution < -0.4 is 15.2 Å². The van der Waals surface area contributed by atoms with Gasteiger partial charge in [-0.05, 0) is 38.8 Å². The maximum atomic E-state index is 13.0. The quantitative estimate of drug-likeness (QED) is 0.824. The Labute approximate surface area is 159 Å². The number of rotatable bonds is 4. The summed E-state index contributed by atoms with van der Waals surface area (Å²) in [5.41, 5.74) is 2.37. The summed E-state index contributed by atoms with van der Waals surface area (Å²) in [6, 6.07) is 7.84. The molecule has 0 radical (unpaired) electrons. The molecule has 7 nitrogen and oxygen atoms in total. The van der Waals surface area contributed by atoms with Crippen LogP contribution in [-0.4, -0.2) is 47.5 Å². The summed E-state index contributed by atoms with van der Waals surface area (Å²) in [6.07, 6.45) is 2.39. The van der Waals surface area contributed by atoms with E-state index in [1.807, 2.05) is 38.1 Å². The third-order valence-corrected chi connectivity index (χ3v) is 5.40. The second kappa shape index (κ2) is 7.32. The highest BCUT2D eigenvalue weighted by atomic mass is 16.5. The molecule has 27 heavy (non-hydrogen) atoms. The minimum atomic E-state index is 0.00874. The molecule has 1 aromatic heterocycles. The molecular formula is C20H26N4O3. The van der Waals surface area contributed by atoms with Crippen molar-refractivity contribution in [1.82, 2.24) is 14.5 Å². The molecule has 1 fully saturated rings. The molecule has 1 saturated heterocycles. The number of methoxy groups -OCH3 is 1. The third kappa shape index (κ3) is 3.33. The second-order valence-corrected chi connectivity index (χ2v) is 7.23. The van der Waals surface area contributed by atoms with Gasteiger partial charge in [0.1, 0.15) is 5.75 Å². The van der Waals surface area contributed by atoms with E-state index in [-0.39, 0.29) is 11.7 Å². The average molecular weight is 370 g/mol. The number of para-hydroxylation sites is 2. The highest BCUT2D eigenvalue weighted by Gasteiger charge is 2.30. The summed E-state index contributed by atoms with van der Waals surface area (Å²) in [4.78, 5) is 22.0. The van der Waals surface area contributed by atoms with E-state index in [9.17, 15) is 4.79 Å². The first-order valence-corrected chi connectivity index (χ1v) is 9.41. The van der Waals surface area contributed by atoms with Crippen molar-refractivity contribution >= 4 is 11.6 Å². The Morgan fingerprint density at radius 1 is 1.26 bits per heavy atom. The van der Waals surface area contributed by atoms with E-state index >= 15 is 0 Å². The SMILES string of the molecule is COc1ccccc1N1CN(CC2CCCO2)Cn2c1nc(C)c(C)c2=O. The summed E-state index contributed by atoms with van der Waals surface area (Å²) in [6.45, 7) is 6.50. The van der Waals surface area contributed by atoms with Gasteiger partial charge in [0.15, 0.2) is 0 Å². The van der Waals surface area contributed by atoms with Crippen LogP contribution in [0.25, 0.3) is 0 Å². The number of nitrogens with zero attached hydrogens (tertiary/aromatic N) is 4. The van der Waals surface area contributed by atoms with Crippen LogP contribution >= 0.6 is 0 Å². The number of benzene rings is 1. The Kier molecular flexibility index (Phi) is 4.88. The minimum absolute atomic E-state index is 0.00874. The summed E-state index contributed by atoms with van der Waals surface area (Å²) in [5, 5.41) is 0. The summed E-state index contributed by atoms with van der Waals surface area (Å²) < 4.78 is 13.1. The fourth-order valence-corrected chi connectivity index (χ4v) is 3.81. The van der Waals surface area contributed by atoms with Crippen LogP contribution in [-0.2, 0) is 11.4 Å². The molecule has 0 saturated carbocycles. The monoisotopic (exact) mass is 370 g/mol. The van der Waals surface area contributed by atoms with Gasteiger partial charge in [-0.2, -0.15) is 0 Å². The molecule has 144 valence electrons. The van der Waals surface area contributed by atoms with Gasteiger partial charge in [-0.15, -0.1) is 0 Å². The highest BCUT2D eigenvalue weighted by molar-refractivity contribution is 5.66. The fraction of sp³-hybridized carbons (Fsp3) is 0.500. The van der Waals surface area contributed by atoms with Crippen molar-refractivity contribution in [3.63, 3.8) is 0 Å². The number of aryl methyl sites for hydroxylation is 1. The average Bonchev–Trinajstić information content (AvgIpc) is 3.19. The minimum Gasteiger partial charge on any atom is -0.495 e. The number of hydrogen-bond acceptors (Lipinski definition) is 6. The maximum Gasteiger partial charge on any atom is 0.259 e. The smallest absolute Gasteiger partial charge is 0.259 e. The van der Waals surface area contributed by atoms with Crippen LogP contribution in [0.1, 0.15) is 24.1 Å². The summed E-state index contributed by atoms with van der Waals surface area (Å²) >= 11 is 0. The zero-order chi connectivity index (χ0) is 19.0. The molecule has 7 heteroatoms. The zero-order valence-corrected chi connectivity index (χ0v) is 16.1. The van der Waals surface area contributed by atoms with E-state index in [1.54, 1.807) is 11.7 Å². The molecule has 2 aromatic rings. The molecule has 1 atom stereocenters. The lowest BCUT2D eigenvalue weighted by Crippen LogP contribution is -2.49. The van der Waals surface area contributed by atoms with Gasteiger partial charge in [-0.3, -0.25) is 19.2 Å². The van der Waals surface area contributed by atoms with Crippen molar-refractivity contribution in [3.8, 4) is 5.75 Å². The van der Waals surface area contributed by atoms with Crippen molar-refractivity contribution in [2.45, 2.75) is 39.5 Å². The van der Waals surface area contributed by atoms with E-state index in [1.165, 1.54) is 0 Å². The molecule has 0 aliphatic carbocycles. The molecule has 0 spiro atoms. The van der Waals surface area contributed by atoms with Crippen molar-refractivity contribution < 1.29 is 9.47 Å². The van der Waals surface area contributed by atoms with E-state index in [2.05, 4.69) is 9.80 Å². The number of ether oxygens (including phenoxy) is 2. The second-order valence-electron chi connectivity index (χ2n) is 7.23. The van der Waals surface area contributed by atoms with Crippen LogP contribution in [0.4, 0.5) is 11.6 Å². The van der Waals surface area contributed by atoms with Crippen molar-refractivity contribution in [1.29, 1.82) is 0 Å². The lowest BCUT2D eigenvalue weighted by atomic mass is 10.2. The zero-order valence-electron chi connectivity index (χ0n) is 16.1. The number of fused-ring (bicyclic) bond motifs is 1. The normalized spacial score (nSPS) is 20.0. The Hall–Kier alpha value is -2.38. The van der Waals surface area contributed by atoms with Gasteiger partial charge in [0.2, 0.25) is 5.95 Å². The van der Waals surface area contributed by atoms with Gasteiger partial charge >= 0.3 is 0 Å². The van der Waals surface area contributed by atoms with Crippen molar-refractivity contribution in [3.05, 3.63) is 45.9 Å². The highest BCUT2D eigenvalue weighted by Crippen LogP contribution is 2.34. The van der Waals surface area contributed by atoms with Crippen LogP contribution in [0, 0.1) is 13.8 Å². The standard InChI is InChI=1S/C20H26N4O3/c1-14-15(2)21-20-23(17-8-4-5-9-18(17)26-3)12-22(13-24(20)19(14)25)11-16-7-6-10-27-16/h4-5,8-9,16H,6-7,10-13H2,1-3H3. The van der Waals surface area contributed by atoms with E-state index in [4.69, 9.17) is 14.5 Å². The first kappa shape index (κ1) is 18.0. The molecule has 0 amide bonds. The number of anilines is 2. The molecule has 2 aliphatic rings. The topological polar surface area (TPSA) is 59.8 Å². The third-order valence-electron chi connectivity index (χ3n) is 5.40. The molecular weight excluding hydrogens is 344 g/mol. The number of hydrogen-bond donors (Lipinski definition) is 0. The molecule has 4 rings (SSSR count). The van der Waals surface area contributed by atoms with E-state index in [0.717, 1.165) is 43.1 Å². The molecule has 1 aromatic carbocycles. The van der Waals surface area contributed by atoms with Gasteiger partial charge in [-0.1, -0.05) is 12.1 Å². The lowest BCUT2D eigenvalue weighted by molar-refractivity contribution is 0.0584. The number of aromatic nitrogens is 2. The van der Waals surface area contributed by atoms with Crippen LogP contribution in [0.3, 0.4) is 0 Å². The predicted molar refractivity (Wildman–Crippen MR) is 104 cm³/mol. The van der Waals surface area contributed by atoms with Gasteiger partial charge in [0, 0.05) is 24.4 Å². The van der Waals surface area contributed by atoms with E-state index in [0.29, 0.717) is 24.8 Å². The van der Waals surface area contributed by atoms with Gasteiger partial charge < -0.3 is 9.47 Å². The molecule has 1 unspecified atom stereocenters. The Morgan fingerprint density at radius 3 is 2.81 bits per heavy atom. The largest absolute Gasteiger partial charge is 0.495 e. The van der Waals surface area contributed by atoms with Gasteiger partial charge in [0.05, 0.1) is 32.2 Å². The van der Waals surface area contributed by atoms with E-state index < -0.39 is 0 Å². The van der Waals surface area contributed by atoms with Gasteiger partial charge in [0.25, 0.3) is 5.56 Å². The molecule has 2 aliphatic heterocycles. The first-order valence-electron chi connectivity index (χ1n) is 9.41. The Bertz CT molecular complexity index is 889. The van der Waals surface area contributed by atoms with Crippen molar-refractivity contribution in [2.24, 2.45) is 0 Å². The van der Waals surface area contributed by atoms with Gasteiger partial charge in [-0.25, -0.2) is 4.98 Å². The Morgan fingerprint density at radius 2 is 2.07 bits per heavy atom. The van der Waals surface area contributed by atoms with Crippen LogP contribution in [0.5, 0.6) is 5.75 Å². The molecule has 0 bridgehead atoms. The molecule has 3 heterocycles. The van der Waals surface area contributed by atoms with Crippen LogP contribution in [0.2, 0.25) is 0 Å².